The molecule has 0 amide bonds. The summed E-state index contributed by atoms with van der Waals surface area (Å²) in [4.78, 5) is 0. The van der Waals surface area contributed by atoms with E-state index >= 15 is 0 Å². The van der Waals surface area contributed by atoms with Gasteiger partial charge in [-0.15, -0.1) is 0 Å². The Kier molecular flexibility index (Phi) is 0.806. The molecule has 0 saturated heterocycles. The maximum atomic E-state index is 2.42. The summed E-state index contributed by atoms with van der Waals surface area (Å²) in [6, 6.07) is 0. The minimum Gasteiger partial charge on any atom is -0.0839 e. The fourth-order valence-corrected chi connectivity index (χ4v) is 1.54. The molecule has 0 spiro atoms. The highest BCUT2D eigenvalue weighted by Crippen LogP contribution is 2.31. The van der Waals surface area contributed by atoms with Crippen LogP contribution in [0.15, 0.2) is 23.8 Å². The molecular formula is C8H10. The Morgan fingerprint density at radius 1 is 1.50 bits per heavy atom. The van der Waals surface area contributed by atoms with Crippen LogP contribution in [0.5, 0.6) is 0 Å². The molecule has 8 heavy (non-hydrogen) atoms. The van der Waals surface area contributed by atoms with Crippen LogP contribution in [-0.4, -0.2) is 0 Å². The first kappa shape index (κ1) is 4.37. The summed E-state index contributed by atoms with van der Waals surface area (Å²) in [5.74, 6) is 0.818. The predicted molar refractivity (Wildman–Crippen MR) is 34.6 cm³/mol. The predicted octanol–water partition coefficient (Wildman–Crippen LogP) is 2.28. The van der Waals surface area contributed by atoms with Crippen LogP contribution < -0.4 is 0 Å². The minimum absolute atomic E-state index is 0.818. The van der Waals surface area contributed by atoms with Crippen molar-refractivity contribution < 1.29 is 0 Å². The van der Waals surface area contributed by atoms with Gasteiger partial charge in [-0.25, -0.2) is 0 Å². The molecule has 0 aliphatic heterocycles. The van der Waals surface area contributed by atoms with E-state index in [-0.39, 0.29) is 0 Å². The van der Waals surface area contributed by atoms with Gasteiger partial charge in [0.1, 0.15) is 0 Å². The van der Waals surface area contributed by atoms with Crippen molar-refractivity contribution in [3.63, 3.8) is 0 Å². The quantitative estimate of drug-likeness (QED) is 0.415. The fourth-order valence-electron chi connectivity index (χ4n) is 1.54. The van der Waals surface area contributed by atoms with Crippen molar-refractivity contribution in [1.29, 1.82) is 0 Å². The van der Waals surface area contributed by atoms with Crippen LogP contribution >= 0.6 is 0 Å². The lowest BCUT2D eigenvalue weighted by Gasteiger charge is -1.99. The largest absolute Gasteiger partial charge is 0.0839 e. The second kappa shape index (κ2) is 1.48. The molecule has 0 saturated carbocycles. The maximum Gasteiger partial charge on any atom is -0.00476 e. The van der Waals surface area contributed by atoms with E-state index in [1.807, 2.05) is 0 Å². The Balaban J connectivity index is 2.28. The third kappa shape index (κ3) is 0.525. The number of fused-ring (bicyclic) bond motifs is 1. The Morgan fingerprint density at radius 2 is 2.50 bits per heavy atom. The van der Waals surface area contributed by atoms with Gasteiger partial charge in [0.15, 0.2) is 0 Å². The smallest absolute Gasteiger partial charge is 0.00476 e. The summed E-state index contributed by atoms with van der Waals surface area (Å²) < 4.78 is 0. The van der Waals surface area contributed by atoms with E-state index in [9.17, 15) is 0 Å². The summed E-state index contributed by atoms with van der Waals surface area (Å²) in [5.41, 5.74) is 1.66. The topological polar surface area (TPSA) is 0 Å². The van der Waals surface area contributed by atoms with E-state index < -0.39 is 0 Å². The van der Waals surface area contributed by atoms with E-state index in [4.69, 9.17) is 0 Å². The Morgan fingerprint density at radius 3 is 3.25 bits per heavy atom. The monoisotopic (exact) mass is 106 g/mol. The van der Waals surface area contributed by atoms with Gasteiger partial charge in [-0.3, -0.25) is 0 Å². The maximum absolute atomic E-state index is 2.42. The highest BCUT2D eigenvalue weighted by Gasteiger charge is 2.14. The standard InChI is InChI=1S/C8H10/c1-2-7-4-5-8(3-1)6-7/h1-2,6-7H,3-5H2. The van der Waals surface area contributed by atoms with Crippen molar-refractivity contribution >= 4 is 0 Å². The van der Waals surface area contributed by atoms with Crippen molar-refractivity contribution in [1.82, 2.24) is 0 Å². The lowest BCUT2D eigenvalue weighted by Crippen LogP contribution is -1.84. The summed E-state index contributed by atoms with van der Waals surface area (Å²) in [5, 5.41) is 0. The van der Waals surface area contributed by atoms with Crippen molar-refractivity contribution in [3.05, 3.63) is 23.8 Å². The van der Waals surface area contributed by atoms with E-state index in [1.165, 1.54) is 19.3 Å². The van der Waals surface area contributed by atoms with Crippen molar-refractivity contribution in [3.8, 4) is 0 Å². The van der Waals surface area contributed by atoms with Gasteiger partial charge in [0.05, 0.1) is 0 Å². The molecule has 2 bridgehead atoms. The Hall–Kier alpha value is -0.520. The molecule has 0 nitrogen and oxygen atoms in total. The third-order valence-electron chi connectivity index (χ3n) is 2.01. The fraction of sp³-hybridized carbons (Fsp3) is 0.500. The number of rotatable bonds is 0. The van der Waals surface area contributed by atoms with E-state index in [2.05, 4.69) is 18.2 Å². The summed E-state index contributed by atoms with van der Waals surface area (Å²) in [6.45, 7) is 0. The second-order valence-corrected chi connectivity index (χ2v) is 2.66. The molecule has 0 aromatic heterocycles. The zero-order valence-corrected chi connectivity index (χ0v) is 4.93. The van der Waals surface area contributed by atoms with Gasteiger partial charge in [-0.05, 0) is 25.2 Å². The van der Waals surface area contributed by atoms with Gasteiger partial charge in [-0.2, -0.15) is 0 Å². The lowest BCUT2D eigenvalue weighted by atomic mass is 10.1. The average Bonchev–Trinajstić information content (AvgIpc) is 2.12. The van der Waals surface area contributed by atoms with Crippen molar-refractivity contribution in [2.45, 2.75) is 19.3 Å². The molecule has 2 aliphatic carbocycles. The van der Waals surface area contributed by atoms with Gasteiger partial charge in [-0.1, -0.05) is 23.8 Å². The molecule has 0 heterocycles. The molecule has 1 unspecified atom stereocenters. The molecule has 42 valence electrons. The molecule has 0 radical (unpaired) electrons. The second-order valence-electron chi connectivity index (χ2n) is 2.66. The molecular weight excluding hydrogens is 96.1 g/mol. The summed E-state index contributed by atoms with van der Waals surface area (Å²) in [6.07, 6.45) is 11.0. The van der Waals surface area contributed by atoms with E-state index in [0.29, 0.717) is 0 Å². The third-order valence-corrected chi connectivity index (χ3v) is 2.01. The Bertz CT molecular complexity index is 151. The molecule has 2 rings (SSSR count). The van der Waals surface area contributed by atoms with E-state index in [0.717, 1.165) is 5.92 Å². The van der Waals surface area contributed by atoms with Crippen LogP contribution in [0.25, 0.3) is 0 Å². The highest BCUT2D eigenvalue weighted by atomic mass is 14.2. The number of hydrogen-bond acceptors (Lipinski definition) is 0. The van der Waals surface area contributed by atoms with Gasteiger partial charge in [0.2, 0.25) is 0 Å². The van der Waals surface area contributed by atoms with Crippen molar-refractivity contribution in [2.75, 3.05) is 0 Å². The first-order chi connectivity index (χ1) is 3.95. The molecule has 0 N–H and O–H groups in total. The molecule has 0 heteroatoms. The first-order valence-electron chi connectivity index (χ1n) is 3.31. The molecule has 0 fully saturated rings. The minimum atomic E-state index is 0.818. The van der Waals surface area contributed by atoms with Gasteiger partial charge >= 0.3 is 0 Å². The van der Waals surface area contributed by atoms with Gasteiger partial charge in [0.25, 0.3) is 0 Å². The zero-order chi connectivity index (χ0) is 5.40. The summed E-state index contributed by atoms with van der Waals surface area (Å²) >= 11 is 0. The van der Waals surface area contributed by atoms with Gasteiger partial charge in [0, 0.05) is 0 Å². The van der Waals surface area contributed by atoms with Crippen LogP contribution in [0, 0.1) is 5.92 Å². The SMILES string of the molecule is C1=CC2C=C(C1)CC2. The number of hydrogen-bond donors (Lipinski definition) is 0. The van der Waals surface area contributed by atoms with Crippen LogP contribution in [0.3, 0.4) is 0 Å². The molecule has 2 aliphatic rings. The van der Waals surface area contributed by atoms with Crippen LogP contribution in [0.4, 0.5) is 0 Å². The molecule has 0 aromatic rings. The van der Waals surface area contributed by atoms with Gasteiger partial charge < -0.3 is 0 Å². The average molecular weight is 106 g/mol. The normalized spacial score (nSPS) is 33.0. The van der Waals surface area contributed by atoms with Crippen molar-refractivity contribution in [2.24, 2.45) is 5.92 Å². The van der Waals surface area contributed by atoms with E-state index in [1.54, 1.807) is 5.57 Å². The number of allylic oxidation sites excluding steroid dienone is 4. The van der Waals surface area contributed by atoms with Crippen LogP contribution in [-0.2, 0) is 0 Å². The molecule has 0 aromatic carbocycles. The molecule has 1 atom stereocenters. The van der Waals surface area contributed by atoms with Crippen LogP contribution in [0.1, 0.15) is 19.3 Å². The Labute approximate surface area is 49.9 Å². The zero-order valence-electron chi connectivity index (χ0n) is 4.93. The van der Waals surface area contributed by atoms with Crippen LogP contribution in [0.2, 0.25) is 0 Å². The lowest BCUT2D eigenvalue weighted by molar-refractivity contribution is 0.773. The first-order valence-corrected chi connectivity index (χ1v) is 3.31. The summed E-state index contributed by atoms with van der Waals surface area (Å²) in [7, 11) is 0. The highest BCUT2D eigenvalue weighted by molar-refractivity contribution is 5.23.